The molecule has 7 nitrogen and oxygen atoms in total. The Morgan fingerprint density at radius 3 is 2.68 bits per heavy atom. The van der Waals surface area contributed by atoms with E-state index in [-0.39, 0.29) is 11.6 Å². The summed E-state index contributed by atoms with van der Waals surface area (Å²) >= 11 is 0. The van der Waals surface area contributed by atoms with E-state index in [1.165, 1.54) is 6.07 Å². The highest BCUT2D eigenvalue weighted by atomic mass is 16.6. The van der Waals surface area contributed by atoms with Gasteiger partial charge in [-0.2, -0.15) is 0 Å². The average molecular weight is 373 g/mol. The Hall–Kier alpha value is -4.00. The standard InChI is InChI=1S/C21H15N3O4/c1-13-16(8-4-9-19(13)24(26)27)23-21(25)15-12-18(20-10-5-11-28-20)22-17-7-3-2-6-14(15)17/h2-12H,1H3,(H,23,25). The molecule has 4 aromatic rings. The van der Waals surface area contributed by atoms with Crippen molar-refractivity contribution in [3.63, 3.8) is 0 Å². The maximum absolute atomic E-state index is 13.0. The van der Waals surface area contributed by atoms with E-state index in [1.54, 1.807) is 43.5 Å². The Kier molecular flexibility index (Phi) is 4.33. The third-order valence-corrected chi connectivity index (χ3v) is 4.48. The van der Waals surface area contributed by atoms with Gasteiger partial charge in [0.05, 0.1) is 33.5 Å². The highest BCUT2D eigenvalue weighted by molar-refractivity contribution is 6.13. The summed E-state index contributed by atoms with van der Waals surface area (Å²) < 4.78 is 5.41. The molecule has 0 saturated carbocycles. The van der Waals surface area contributed by atoms with Crippen LogP contribution in [-0.4, -0.2) is 15.8 Å². The average Bonchev–Trinajstić information content (AvgIpc) is 3.23. The lowest BCUT2D eigenvalue weighted by molar-refractivity contribution is -0.385. The van der Waals surface area contributed by atoms with Crippen LogP contribution in [-0.2, 0) is 0 Å². The fourth-order valence-electron chi connectivity index (χ4n) is 3.06. The van der Waals surface area contributed by atoms with Crippen LogP contribution in [0.1, 0.15) is 15.9 Å². The number of nitro benzene ring substituents is 1. The molecule has 7 heteroatoms. The minimum Gasteiger partial charge on any atom is -0.463 e. The lowest BCUT2D eigenvalue weighted by atomic mass is 10.1. The third-order valence-electron chi connectivity index (χ3n) is 4.48. The number of hydrogen-bond donors (Lipinski definition) is 1. The number of fused-ring (bicyclic) bond motifs is 1. The molecule has 0 aliphatic rings. The number of hydrogen-bond acceptors (Lipinski definition) is 5. The second-order valence-corrected chi connectivity index (χ2v) is 6.21. The molecule has 2 aromatic carbocycles. The lowest BCUT2D eigenvalue weighted by Crippen LogP contribution is -2.14. The maximum Gasteiger partial charge on any atom is 0.274 e. The molecule has 0 aliphatic heterocycles. The Morgan fingerprint density at radius 2 is 1.93 bits per heavy atom. The molecule has 1 amide bonds. The summed E-state index contributed by atoms with van der Waals surface area (Å²) in [5.74, 6) is 0.168. The van der Waals surface area contributed by atoms with Gasteiger partial charge in [0.1, 0.15) is 5.69 Å². The molecule has 0 atom stereocenters. The van der Waals surface area contributed by atoms with Crippen LogP contribution >= 0.6 is 0 Å². The molecular weight excluding hydrogens is 358 g/mol. The van der Waals surface area contributed by atoms with Crippen molar-refractivity contribution in [1.82, 2.24) is 4.98 Å². The van der Waals surface area contributed by atoms with Gasteiger partial charge in [-0.3, -0.25) is 14.9 Å². The Balaban J connectivity index is 1.79. The molecule has 0 spiro atoms. The number of benzene rings is 2. The molecule has 4 rings (SSSR count). The van der Waals surface area contributed by atoms with Crippen LogP contribution < -0.4 is 5.32 Å². The van der Waals surface area contributed by atoms with Crippen molar-refractivity contribution in [2.75, 3.05) is 5.32 Å². The fraction of sp³-hybridized carbons (Fsp3) is 0.0476. The number of anilines is 1. The maximum atomic E-state index is 13.0. The quantitative estimate of drug-likeness (QED) is 0.402. The van der Waals surface area contributed by atoms with Crippen molar-refractivity contribution in [2.24, 2.45) is 0 Å². The summed E-state index contributed by atoms with van der Waals surface area (Å²) in [7, 11) is 0. The van der Waals surface area contributed by atoms with Gasteiger partial charge in [0.25, 0.3) is 11.6 Å². The zero-order valence-electron chi connectivity index (χ0n) is 14.9. The highest BCUT2D eigenvalue weighted by Gasteiger charge is 2.18. The number of furan rings is 1. The summed E-state index contributed by atoms with van der Waals surface area (Å²) in [5.41, 5.74) is 2.32. The molecule has 0 fully saturated rings. The van der Waals surface area contributed by atoms with Gasteiger partial charge in [-0.15, -0.1) is 0 Å². The molecule has 0 saturated heterocycles. The predicted octanol–water partition coefficient (Wildman–Crippen LogP) is 4.96. The third kappa shape index (κ3) is 3.09. The molecular formula is C21H15N3O4. The van der Waals surface area contributed by atoms with Gasteiger partial charge >= 0.3 is 0 Å². The minimum absolute atomic E-state index is 0.0475. The second kappa shape index (κ2) is 6.96. The van der Waals surface area contributed by atoms with Gasteiger partial charge in [0.15, 0.2) is 5.76 Å². The number of rotatable bonds is 4. The van der Waals surface area contributed by atoms with Gasteiger partial charge < -0.3 is 9.73 Å². The van der Waals surface area contributed by atoms with Crippen molar-refractivity contribution >= 4 is 28.2 Å². The molecule has 2 heterocycles. The first-order valence-electron chi connectivity index (χ1n) is 8.53. The number of nitrogens with one attached hydrogen (secondary N) is 1. The first kappa shape index (κ1) is 17.4. The number of para-hydroxylation sites is 1. The van der Waals surface area contributed by atoms with Crippen LogP contribution in [0.25, 0.3) is 22.4 Å². The first-order chi connectivity index (χ1) is 13.5. The summed E-state index contributed by atoms with van der Waals surface area (Å²) in [4.78, 5) is 28.3. The molecule has 1 N–H and O–H groups in total. The molecule has 28 heavy (non-hydrogen) atoms. The van der Waals surface area contributed by atoms with Crippen LogP contribution in [0.4, 0.5) is 11.4 Å². The highest BCUT2D eigenvalue weighted by Crippen LogP contribution is 2.28. The molecule has 0 aliphatic carbocycles. The first-order valence-corrected chi connectivity index (χ1v) is 8.53. The van der Waals surface area contributed by atoms with Crippen molar-refractivity contribution in [3.8, 4) is 11.5 Å². The van der Waals surface area contributed by atoms with Crippen molar-refractivity contribution in [2.45, 2.75) is 6.92 Å². The molecule has 0 bridgehead atoms. The summed E-state index contributed by atoms with van der Waals surface area (Å²) in [6, 6.07) is 17.0. The van der Waals surface area contributed by atoms with E-state index in [1.807, 2.05) is 24.3 Å². The summed E-state index contributed by atoms with van der Waals surface area (Å²) in [6.45, 7) is 1.60. The predicted molar refractivity (Wildman–Crippen MR) is 105 cm³/mol. The minimum atomic E-state index is -0.470. The van der Waals surface area contributed by atoms with Crippen LogP contribution in [0.2, 0.25) is 0 Å². The second-order valence-electron chi connectivity index (χ2n) is 6.21. The number of nitro groups is 1. The van der Waals surface area contributed by atoms with Crippen LogP contribution in [0.3, 0.4) is 0 Å². The summed E-state index contributed by atoms with van der Waals surface area (Å²) in [6.07, 6.45) is 1.54. The van der Waals surface area contributed by atoms with Crippen LogP contribution in [0.5, 0.6) is 0 Å². The number of aromatic nitrogens is 1. The largest absolute Gasteiger partial charge is 0.463 e. The molecule has 0 unspecified atom stereocenters. The van der Waals surface area contributed by atoms with Gasteiger partial charge in [0.2, 0.25) is 0 Å². The number of nitrogens with zero attached hydrogens (tertiary/aromatic N) is 2. The van der Waals surface area contributed by atoms with Crippen LogP contribution in [0.15, 0.2) is 71.3 Å². The zero-order valence-corrected chi connectivity index (χ0v) is 14.9. The number of carbonyl (C=O) groups is 1. The van der Waals surface area contributed by atoms with Gasteiger partial charge in [-0.1, -0.05) is 24.3 Å². The SMILES string of the molecule is Cc1c(NC(=O)c2cc(-c3ccco3)nc3ccccc23)cccc1[N+](=O)[O-]. The fourth-order valence-corrected chi connectivity index (χ4v) is 3.06. The smallest absolute Gasteiger partial charge is 0.274 e. The van der Waals surface area contributed by atoms with Crippen molar-refractivity contribution in [1.29, 1.82) is 0 Å². The van der Waals surface area contributed by atoms with Gasteiger partial charge in [-0.05, 0) is 37.3 Å². The van der Waals surface area contributed by atoms with E-state index < -0.39 is 4.92 Å². The zero-order chi connectivity index (χ0) is 19.7. The van der Waals surface area contributed by atoms with E-state index >= 15 is 0 Å². The molecule has 0 radical (unpaired) electrons. The van der Waals surface area contributed by atoms with Crippen molar-refractivity contribution < 1.29 is 14.1 Å². The number of pyridine rings is 1. The molecule has 2 aromatic heterocycles. The monoisotopic (exact) mass is 373 g/mol. The number of carbonyl (C=O) groups excluding carboxylic acids is 1. The van der Waals surface area contributed by atoms with E-state index in [9.17, 15) is 14.9 Å². The van der Waals surface area contributed by atoms with Gasteiger partial charge in [0, 0.05) is 11.5 Å². The Bertz CT molecular complexity index is 1200. The van der Waals surface area contributed by atoms with Crippen molar-refractivity contribution in [3.05, 3.63) is 88.2 Å². The lowest BCUT2D eigenvalue weighted by Gasteiger charge is -2.11. The van der Waals surface area contributed by atoms with Crippen LogP contribution in [0, 0.1) is 17.0 Å². The normalized spacial score (nSPS) is 10.8. The van der Waals surface area contributed by atoms with E-state index in [2.05, 4.69) is 10.3 Å². The van der Waals surface area contributed by atoms with E-state index in [4.69, 9.17) is 4.42 Å². The van der Waals surface area contributed by atoms with Gasteiger partial charge in [-0.25, -0.2) is 4.98 Å². The number of amides is 1. The summed E-state index contributed by atoms with van der Waals surface area (Å²) in [5, 5.41) is 14.6. The Morgan fingerprint density at radius 1 is 1.11 bits per heavy atom. The Labute approximate surface area is 159 Å². The molecule has 138 valence electrons. The van der Waals surface area contributed by atoms with E-state index in [0.717, 1.165) is 0 Å². The van der Waals surface area contributed by atoms with E-state index in [0.29, 0.717) is 39.2 Å². The topological polar surface area (TPSA) is 98.3 Å².